The van der Waals surface area contributed by atoms with E-state index in [1.807, 2.05) is 24.3 Å². The van der Waals surface area contributed by atoms with Crippen LogP contribution in [0.2, 0.25) is 0 Å². The summed E-state index contributed by atoms with van der Waals surface area (Å²) in [6.07, 6.45) is 1.09. The smallest absolute Gasteiger partial charge is 0.315 e. The van der Waals surface area contributed by atoms with Crippen molar-refractivity contribution >= 4 is 6.03 Å². The summed E-state index contributed by atoms with van der Waals surface area (Å²) in [6, 6.07) is 16.5. The zero-order valence-electron chi connectivity index (χ0n) is 14.2. The molecule has 0 aliphatic heterocycles. The highest BCUT2D eigenvalue weighted by atomic mass is 16.2. The number of urea groups is 1. The van der Waals surface area contributed by atoms with E-state index in [9.17, 15) is 4.79 Å². The predicted octanol–water partition coefficient (Wildman–Crippen LogP) is 4.19. The molecule has 2 aromatic rings. The molecule has 2 rings (SSSR count). The van der Waals surface area contributed by atoms with Gasteiger partial charge in [0.2, 0.25) is 0 Å². The Morgan fingerprint density at radius 3 is 1.74 bits per heavy atom. The summed E-state index contributed by atoms with van der Waals surface area (Å²) in [5.41, 5.74) is 4.78. The number of nitrogens with one attached hydrogen (secondary N) is 2. The van der Waals surface area contributed by atoms with Gasteiger partial charge in [-0.1, -0.05) is 67.9 Å². The maximum atomic E-state index is 11.8. The number of aryl methyl sites for hydroxylation is 1. The average molecular weight is 310 g/mol. The first kappa shape index (κ1) is 17.1. The van der Waals surface area contributed by atoms with Crippen molar-refractivity contribution in [2.24, 2.45) is 5.92 Å². The highest BCUT2D eigenvalue weighted by Crippen LogP contribution is 2.09. The second-order valence-corrected chi connectivity index (χ2v) is 6.44. The fourth-order valence-electron chi connectivity index (χ4n) is 2.40. The Morgan fingerprint density at radius 1 is 0.826 bits per heavy atom. The third-order valence-electron chi connectivity index (χ3n) is 3.69. The van der Waals surface area contributed by atoms with Crippen LogP contribution in [0.5, 0.6) is 0 Å². The Balaban J connectivity index is 1.74. The minimum absolute atomic E-state index is 0.142. The zero-order valence-corrected chi connectivity index (χ0v) is 14.2. The van der Waals surface area contributed by atoms with Crippen molar-refractivity contribution in [1.82, 2.24) is 10.6 Å². The molecule has 3 nitrogen and oxygen atoms in total. The van der Waals surface area contributed by atoms with E-state index >= 15 is 0 Å². The third-order valence-corrected chi connectivity index (χ3v) is 3.69. The van der Waals surface area contributed by atoms with E-state index in [0.717, 1.165) is 17.5 Å². The van der Waals surface area contributed by atoms with Crippen LogP contribution in [0.4, 0.5) is 4.79 Å². The van der Waals surface area contributed by atoms with Crippen LogP contribution in [0.25, 0.3) is 0 Å². The number of amides is 2. The van der Waals surface area contributed by atoms with Gasteiger partial charge >= 0.3 is 6.03 Å². The maximum absolute atomic E-state index is 11.8. The molecule has 0 aromatic heterocycles. The molecule has 2 N–H and O–H groups in total. The Morgan fingerprint density at radius 2 is 1.26 bits per heavy atom. The topological polar surface area (TPSA) is 41.1 Å². The van der Waals surface area contributed by atoms with Gasteiger partial charge in [0.15, 0.2) is 0 Å². The summed E-state index contributed by atoms with van der Waals surface area (Å²) in [6.45, 7) is 7.57. The SMILES string of the molecule is Cc1ccc(CNC(=O)NCc2ccc(CC(C)C)cc2)cc1. The predicted molar refractivity (Wildman–Crippen MR) is 95.2 cm³/mol. The van der Waals surface area contributed by atoms with Crippen LogP contribution in [-0.2, 0) is 19.5 Å². The Bertz CT molecular complexity index is 615. The Hall–Kier alpha value is -2.29. The van der Waals surface area contributed by atoms with Gasteiger partial charge in [0, 0.05) is 13.1 Å². The van der Waals surface area contributed by atoms with Gasteiger partial charge in [-0.2, -0.15) is 0 Å². The van der Waals surface area contributed by atoms with Crippen molar-refractivity contribution in [3.05, 3.63) is 70.8 Å². The van der Waals surface area contributed by atoms with Crippen molar-refractivity contribution < 1.29 is 4.79 Å². The highest BCUT2D eigenvalue weighted by molar-refractivity contribution is 5.73. The Labute approximate surface area is 139 Å². The van der Waals surface area contributed by atoms with Crippen molar-refractivity contribution in [2.75, 3.05) is 0 Å². The van der Waals surface area contributed by atoms with E-state index in [1.165, 1.54) is 11.1 Å². The number of rotatable bonds is 6. The zero-order chi connectivity index (χ0) is 16.7. The maximum Gasteiger partial charge on any atom is 0.315 e. The second kappa shape index (κ2) is 8.37. The van der Waals surface area contributed by atoms with E-state index < -0.39 is 0 Å². The molecule has 3 heteroatoms. The van der Waals surface area contributed by atoms with Crippen LogP contribution in [-0.4, -0.2) is 6.03 Å². The van der Waals surface area contributed by atoms with Crippen molar-refractivity contribution in [3.8, 4) is 0 Å². The molecular formula is C20H26N2O. The van der Waals surface area contributed by atoms with Crippen LogP contribution in [0, 0.1) is 12.8 Å². The molecule has 0 radical (unpaired) electrons. The Kier molecular flexibility index (Phi) is 6.21. The molecule has 0 saturated carbocycles. The van der Waals surface area contributed by atoms with Gasteiger partial charge in [-0.15, -0.1) is 0 Å². The molecule has 0 unspecified atom stereocenters. The van der Waals surface area contributed by atoms with Gasteiger partial charge in [0.25, 0.3) is 0 Å². The largest absolute Gasteiger partial charge is 0.334 e. The van der Waals surface area contributed by atoms with Crippen molar-refractivity contribution in [2.45, 2.75) is 40.3 Å². The minimum Gasteiger partial charge on any atom is -0.334 e. The van der Waals surface area contributed by atoms with Crippen LogP contribution in [0.3, 0.4) is 0 Å². The van der Waals surface area contributed by atoms with Crippen LogP contribution < -0.4 is 10.6 Å². The lowest BCUT2D eigenvalue weighted by atomic mass is 10.0. The molecule has 0 aliphatic rings. The average Bonchev–Trinajstić information content (AvgIpc) is 2.53. The first-order valence-corrected chi connectivity index (χ1v) is 8.18. The third kappa shape index (κ3) is 6.15. The van der Waals surface area contributed by atoms with Gasteiger partial charge in [-0.3, -0.25) is 0 Å². The first-order chi connectivity index (χ1) is 11.0. The summed E-state index contributed by atoms with van der Waals surface area (Å²) in [4.78, 5) is 11.8. The van der Waals surface area contributed by atoms with Gasteiger partial charge in [0.1, 0.15) is 0 Å². The summed E-state index contributed by atoms with van der Waals surface area (Å²) >= 11 is 0. The number of benzene rings is 2. The quantitative estimate of drug-likeness (QED) is 0.825. The molecule has 0 aliphatic carbocycles. The lowest BCUT2D eigenvalue weighted by molar-refractivity contribution is 0.240. The second-order valence-electron chi connectivity index (χ2n) is 6.44. The minimum atomic E-state index is -0.142. The fraction of sp³-hybridized carbons (Fsp3) is 0.350. The van der Waals surface area contributed by atoms with E-state index in [4.69, 9.17) is 0 Å². The van der Waals surface area contributed by atoms with E-state index in [0.29, 0.717) is 19.0 Å². The summed E-state index contributed by atoms with van der Waals surface area (Å²) in [5.74, 6) is 0.659. The van der Waals surface area contributed by atoms with Gasteiger partial charge in [-0.25, -0.2) is 4.79 Å². The lowest BCUT2D eigenvalue weighted by Gasteiger charge is -2.09. The van der Waals surface area contributed by atoms with E-state index in [1.54, 1.807) is 0 Å². The molecule has 0 heterocycles. The molecular weight excluding hydrogens is 284 g/mol. The van der Waals surface area contributed by atoms with Crippen molar-refractivity contribution in [3.63, 3.8) is 0 Å². The summed E-state index contributed by atoms with van der Waals surface area (Å²) < 4.78 is 0. The number of hydrogen-bond donors (Lipinski definition) is 2. The van der Waals surface area contributed by atoms with E-state index in [-0.39, 0.29) is 6.03 Å². The van der Waals surface area contributed by atoms with Gasteiger partial charge < -0.3 is 10.6 Å². The number of carbonyl (C=O) groups is 1. The molecule has 2 amide bonds. The monoisotopic (exact) mass is 310 g/mol. The molecule has 0 bridgehead atoms. The molecule has 23 heavy (non-hydrogen) atoms. The number of hydrogen-bond acceptors (Lipinski definition) is 1. The van der Waals surface area contributed by atoms with Crippen LogP contribution in [0.15, 0.2) is 48.5 Å². The first-order valence-electron chi connectivity index (χ1n) is 8.18. The van der Waals surface area contributed by atoms with Crippen LogP contribution in [0.1, 0.15) is 36.1 Å². The van der Waals surface area contributed by atoms with E-state index in [2.05, 4.69) is 55.7 Å². The molecule has 0 spiro atoms. The molecule has 122 valence electrons. The fourth-order valence-corrected chi connectivity index (χ4v) is 2.40. The van der Waals surface area contributed by atoms with Crippen molar-refractivity contribution in [1.29, 1.82) is 0 Å². The summed E-state index contributed by atoms with van der Waals surface area (Å²) in [7, 11) is 0. The lowest BCUT2D eigenvalue weighted by Crippen LogP contribution is -2.34. The molecule has 0 fully saturated rings. The normalized spacial score (nSPS) is 10.6. The van der Waals surface area contributed by atoms with Crippen LogP contribution >= 0.6 is 0 Å². The molecule has 2 aromatic carbocycles. The number of carbonyl (C=O) groups excluding carboxylic acids is 1. The summed E-state index contributed by atoms with van der Waals surface area (Å²) in [5, 5.41) is 5.77. The molecule has 0 saturated heterocycles. The van der Waals surface area contributed by atoms with Gasteiger partial charge in [-0.05, 0) is 36.0 Å². The molecule has 0 atom stereocenters. The standard InChI is InChI=1S/C20H26N2O/c1-15(2)12-17-8-10-19(11-9-17)14-22-20(23)21-13-18-6-4-16(3)5-7-18/h4-11,15H,12-14H2,1-3H3,(H2,21,22,23). The highest BCUT2D eigenvalue weighted by Gasteiger charge is 2.02. The van der Waals surface area contributed by atoms with Gasteiger partial charge in [0.05, 0.1) is 0 Å².